The summed E-state index contributed by atoms with van der Waals surface area (Å²) in [4.78, 5) is 0. The van der Waals surface area contributed by atoms with Crippen molar-refractivity contribution in [2.24, 2.45) is 5.92 Å². The third kappa shape index (κ3) is 2.99. The first kappa shape index (κ1) is 11.0. The summed E-state index contributed by atoms with van der Waals surface area (Å²) < 4.78 is 23.0. The number of rotatable bonds is 3. The Bertz CT molecular complexity index is 490. The molecule has 1 aromatic rings. The number of aromatic nitrogens is 2. The van der Waals surface area contributed by atoms with Crippen LogP contribution in [0, 0.1) is 9.87 Å². The molecule has 2 rings (SSSR count). The van der Waals surface area contributed by atoms with Gasteiger partial charge in [0, 0.05) is 6.54 Å². The zero-order valence-electron chi connectivity index (χ0n) is 7.89. The Labute approximate surface area is 96.8 Å². The van der Waals surface area contributed by atoms with Crippen LogP contribution in [0.2, 0.25) is 0 Å². The van der Waals surface area contributed by atoms with E-state index in [-0.39, 0.29) is 11.7 Å². The Morgan fingerprint density at radius 2 is 2.47 bits per heavy atom. The molecule has 0 radical (unpaired) electrons. The number of anilines is 1. The molecule has 1 aliphatic heterocycles. The van der Waals surface area contributed by atoms with Gasteiger partial charge in [0.25, 0.3) is 0 Å². The minimum Gasteiger partial charge on any atom is -0.360 e. The molecule has 1 saturated heterocycles. The fraction of sp³-hybridized carbons (Fsp3) is 0.714. The van der Waals surface area contributed by atoms with Crippen molar-refractivity contribution in [2.75, 3.05) is 23.4 Å². The van der Waals surface area contributed by atoms with E-state index in [0.717, 1.165) is 11.6 Å². The largest absolute Gasteiger partial charge is 0.360 e. The molecule has 0 aliphatic carbocycles. The van der Waals surface area contributed by atoms with E-state index in [1.165, 1.54) is 11.3 Å². The fourth-order valence-corrected chi connectivity index (χ4v) is 4.23. The van der Waals surface area contributed by atoms with Gasteiger partial charge >= 0.3 is 0 Å². The van der Waals surface area contributed by atoms with Gasteiger partial charge < -0.3 is 5.32 Å². The number of sulfone groups is 1. The molecule has 1 aromatic heterocycles. The van der Waals surface area contributed by atoms with Crippen molar-refractivity contribution >= 4 is 38.5 Å². The Morgan fingerprint density at radius 1 is 1.67 bits per heavy atom. The quantitative estimate of drug-likeness (QED) is 0.799. The highest BCUT2D eigenvalue weighted by atomic mass is 32.2. The standard InChI is InChI=1S/C7H11N3O2S3/c11-15(12)2-1-5(4-15)3-8-6-9-10-7(13)14-6/h5H,1-4H2,(H,8,9)(H,10,13). The molecule has 2 heterocycles. The van der Waals surface area contributed by atoms with Crippen molar-refractivity contribution in [3.05, 3.63) is 3.95 Å². The van der Waals surface area contributed by atoms with Gasteiger partial charge in [0.1, 0.15) is 0 Å². The van der Waals surface area contributed by atoms with Crippen LogP contribution in [0.4, 0.5) is 5.13 Å². The van der Waals surface area contributed by atoms with Crippen LogP contribution >= 0.6 is 23.6 Å². The average Bonchev–Trinajstić information content (AvgIpc) is 2.69. The Hall–Kier alpha value is -0.470. The lowest BCUT2D eigenvalue weighted by molar-refractivity contribution is 0.596. The SMILES string of the molecule is O=S1(=O)CCC(CNc2n[nH]c(=S)s2)C1. The number of aromatic amines is 1. The first-order valence-electron chi connectivity index (χ1n) is 4.55. The molecule has 0 aromatic carbocycles. The van der Waals surface area contributed by atoms with Gasteiger partial charge in [-0.15, -0.1) is 5.10 Å². The number of nitrogens with zero attached hydrogens (tertiary/aromatic N) is 1. The zero-order chi connectivity index (χ0) is 10.9. The van der Waals surface area contributed by atoms with E-state index in [9.17, 15) is 8.42 Å². The molecule has 0 bridgehead atoms. The van der Waals surface area contributed by atoms with Crippen molar-refractivity contribution < 1.29 is 8.42 Å². The summed E-state index contributed by atoms with van der Waals surface area (Å²) in [6.45, 7) is 0.648. The lowest BCUT2D eigenvalue weighted by atomic mass is 10.1. The van der Waals surface area contributed by atoms with Crippen LogP contribution in [-0.2, 0) is 9.84 Å². The van der Waals surface area contributed by atoms with Crippen LogP contribution in [-0.4, -0.2) is 36.7 Å². The van der Waals surface area contributed by atoms with Gasteiger partial charge in [0.15, 0.2) is 13.8 Å². The fourth-order valence-electron chi connectivity index (χ4n) is 1.57. The molecule has 1 atom stereocenters. The number of H-pyrrole nitrogens is 1. The number of nitrogens with one attached hydrogen (secondary N) is 2. The normalized spacial score (nSPS) is 24.1. The lowest BCUT2D eigenvalue weighted by Crippen LogP contribution is -2.15. The molecule has 0 saturated carbocycles. The Morgan fingerprint density at radius 3 is 3.00 bits per heavy atom. The van der Waals surface area contributed by atoms with E-state index in [4.69, 9.17) is 12.2 Å². The molecular formula is C7H11N3O2S3. The zero-order valence-corrected chi connectivity index (χ0v) is 10.3. The maximum absolute atomic E-state index is 11.2. The highest BCUT2D eigenvalue weighted by Crippen LogP contribution is 2.19. The number of hydrogen-bond acceptors (Lipinski definition) is 6. The third-order valence-corrected chi connectivity index (χ3v) is 5.19. The van der Waals surface area contributed by atoms with Gasteiger partial charge in [-0.2, -0.15) is 0 Å². The average molecular weight is 265 g/mol. The monoisotopic (exact) mass is 265 g/mol. The molecule has 8 heteroatoms. The van der Waals surface area contributed by atoms with Crippen LogP contribution in [0.15, 0.2) is 0 Å². The van der Waals surface area contributed by atoms with Gasteiger partial charge in [-0.3, -0.25) is 5.10 Å². The van der Waals surface area contributed by atoms with E-state index in [1.54, 1.807) is 0 Å². The van der Waals surface area contributed by atoms with E-state index >= 15 is 0 Å². The molecule has 1 fully saturated rings. The summed E-state index contributed by atoms with van der Waals surface area (Å²) >= 11 is 6.24. The van der Waals surface area contributed by atoms with Crippen molar-refractivity contribution in [3.63, 3.8) is 0 Å². The molecule has 0 spiro atoms. The maximum Gasteiger partial charge on any atom is 0.204 e. The first-order valence-corrected chi connectivity index (χ1v) is 7.59. The predicted octanol–water partition coefficient (Wildman–Crippen LogP) is 1.05. The minimum atomic E-state index is -2.78. The Kier molecular flexibility index (Phi) is 3.08. The second kappa shape index (κ2) is 4.18. The van der Waals surface area contributed by atoms with Crippen LogP contribution < -0.4 is 5.32 Å². The molecular weight excluding hydrogens is 254 g/mol. The topological polar surface area (TPSA) is 74.8 Å². The van der Waals surface area contributed by atoms with Crippen molar-refractivity contribution in [1.82, 2.24) is 10.2 Å². The van der Waals surface area contributed by atoms with Gasteiger partial charge in [-0.1, -0.05) is 11.3 Å². The van der Waals surface area contributed by atoms with E-state index in [2.05, 4.69) is 15.5 Å². The van der Waals surface area contributed by atoms with Gasteiger partial charge in [-0.25, -0.2) is 8.42 Å². The van der Waals surface area contributed by atoms with Crippen LogP contribution in [0.3, 0.4) is 0 Å². The van der Waals surface area contributed by atoms with Crippen LogP contribution in [0.1, 0.15) is 6.42 Å². The molecule has 2 N–H and O–H groups in total. The van der Waals surface area contributed by atoms with Gasteiger partial charge in [-0.05, 0) is 24.6 Å². The third-order valence-electron chi connectivity index (χ3n) is 2.31. The maximum atomic E-state index is 11.2. The summed E-state index contributed by atoms with van der Waals surface area (Å²) in [6, 6.07) is 0. The highest BCUT2D eigenvalue weighted by molar-refractivity contribution is 7.91. The smallest absolute Gasteiger partial charge is 0.204 e. The first-order chi connectivity index (χ1) is 7.05. The second-order valence-corrected chi connectivity index (χ2v) is 7.46. The molecule has 15 heavy (non-hydrogen) atoms. The van der Waals surface area contributed by atoms with E-state index in [1.807, 2.05) is 0 Å². The summed E-state index contributed by atoms with van der Waals surface area (Å²) in [5, 5.41) is 10.4. The molecule has 1 aliphatic rings. The lowest BCUT2D eigenvalue weighted by Gasteiger charge is -2.06. The van der Waals surface area contributed by atoms with Crippen LogP contribution in [0.25, 0.3) is 0 Å². The molecule has 0 amide bonds. The van der Waals surface area contributed by atoms with Crippen molar-refractivity contribution in [3.8, 4) is 0 Å². The van der Waals surface area contributed by atoms with Gasteiger partial charge in [0.2, 0.25) is 5.13 Å². The van der Waals surface area contributed by atoms with E-state index in [0.29, 0.717) is 16.3 Å². The minimum absolute atomic E-state index is 0.201. The molecule has 5 nitrogen and oxygen atoms in total. The van der Waals surface area contributed by atoms with E-state index < -0.39 is 9.84 Å². The second-order valence-electron chi connectivity index (χ2n) is 3.57. The van der Waals surface area contributed by atoms with Crippen molar-refractivity contribution in [2.45, 2.75) is 6.42 Å². The summed E-state index contributed by atoms with van der Waals surface area (Å²) in [7, 11) is -2.78. The van der Waals surface area contributed by atoms with Crippen molar-refractivity contribution in [1.29, 1.82) is 0 Å². The van der Waals surface area contributed by atoms with Crippen LogP contribution in [0.5, 0.6) is 0 Å². The highest BCUT2D eigenvalue weighted by Gasteiger charge is 2.27. The molecule has 1 unspecified atom stereocenters. The summed E-state index contributed by atoms with van der Waals surface area (Å²) in [5.41, 5.74) is 0. The Balaban J connectivity index is 1.87. The predicted molar refractivity (Wildman–Crippen MR) is 62.5 cm³/mol. The van der Waals surface area contributed by atoms with Gasteiger partial charge in [0.05, 0.1) is 11.5 Å². The molecule has 84 valence electrons. The number of hydrogen-bond donors (Lipinski definition) is 2. The summed E-state index contributed by atoms with van der Waals surface area (Å²) in [6.07, 6.45) is 0.741. The summed E-state index contributed by atoms with van der Waals surface area (Å²) in [5.74, 6) is 0.804.